The van der Waals surface area contributed by atoms with Gasteiger partial charge in [0.2, 0.25) is 11.2 Å². The van der Waals surface area contributed by atoms with Gasteiger partial charge in [-0.05, 0) is 89.7 Å². The van der Waals surface area contributed by atoms with Gasteiger partial charge < -0.3 is 9.30 Å². The standard InChI is InChI=1S/C35H32Cl2N4O3S/c36-27-9-15-31(32(37)19-27)33-20-40(28-10-12-29(13-11-28)41-21-35(42)39-45(41)43)34(38-33)17-24-6-7-26-18-30(14-8-25(26)16-24)44-22-23-4-2-1-3-5-23/h6-16,18-20,23H,1-5,17,21-22H2,(H,39,42). The molecule has 2 heterocycles. The Kier molecular flexibility index (Phi) is 8.53. The molecule has 0 spiro atoms. The van der Waals surface area contributed by atoms with Crippen LogP contribution in [0.5, 0.6) is 5.75 Å². The van der Waals surface area contributed by atoms with Gasteiger partial charge in [-0.2, -0.15) is 0 Å². The first-order chi connectivity index (χ1) is 21.9. The SMILES string of the molecule is O=C1CN(c2ccc(-n3cc(-c4ccc(Cl)cc4Cl)nc3Cc3ccc4cc(OCC5CCCCC5)ccc4c3)cc2)S(=O)N1. The molecule has 1 aromatic heterocycles. The van der Waals surface area contributed by atoms with Crippen LogP contribution in [0.1, 0.15) is 43.5 Å². The average Bonchev–Trinajstić information content (AvgIpc) is 3.62. The summed E-state index contributed by atoms with van der Waals surface area (Å²) in [5.74, 6) is 2.14. The molecule has 1 atom stereocenters. The second kappa shape index (κ2) is 12.9. The zero-order valence-electron chi connectivity index (χ0n) is 24.5. The van der Waals surface area contributed by atoms with Crippen molar-refractivity contribution in [2.24, 2.45) is 5.92 Å². The van der Waals surface area contributed by atoms with E-state index in [9.17, 15) is 9.00 Å². The van der Waals surface area contributed by atoms with E-state index in [4.69, 9.17) is 32.9 Å². The third kappa shape index (κ3) is 6.59. The van der Waals surface area contributed by atoms with Crippen LogP contribution in [0.15, 0.2) is 85.1 Å². The van der Waals surface area contributed by atoms with Crippen molar-refractivity contribution in [1.82, 2.24) is 14.3 Å². The van der Waals surface area contributed by atoms with Crippen LogP contribution in [-0.2, 0) is 22.4 Å². The first-order valence-electron chi connectivity index (χ1n) is 15.2. The Balaban J connectivity index is 1.17. The minimum absolute atomic E-state index is 0.0532. The molecule has 1 amide bonds. The molecule has 4 aromatic carbocycles. The predicted octanol–water partition coefficient (Wildman–Crippen LogP) is 8.06. The van der Waals surface area contributed by atoms with Gasteiger partial charge in [-0.25, -0.2) is 9.19 Å². The first kappa shape index (κ1) is 29.8. The van der Waals surface area contributed by atoms with Gasteiger partial charge in [0, 0.05) is 28.9 Å². The van der Waals surface area contributed by atoms with E-state index >= 15 is 0 Å². The summed E-state index contributed by atoms with van der Waals surface area (Å²) < 4.78 is 24.5. The van der Waals surface area contributed by atoms with Gasteiger partial charge in [0.25, 0.3) is 5.91 Å². The van der Waals surface area contributed by atoms with E-state index in [1.807, 2.05) is 41.1 Å². The van der Waals surface area contributed by atoms with Crippen molar-refractivity contribution in [3.8, 4) is 22.7 Å². The summed E-state index contributed by atoms with van der Waals surface area (Å²) in [5, 5.41) is 3.36. The summed E-state index contributed by atoms with van der Waals surface area (Å²) in [4.78, 5) is 16.8. The highest BCUT2D eigenvalue weighted by atomic mass is 35.5. The largest absolute Gasteiger partial charge is 0.493 e. The van der Waals surface area contributed by atoms with Crippen LogP contribution in [-0.4, -0.2) is 32.8 Å². The van der Waals surface area contributed by atoms with E-state index < -0.39 is 11.2 Å². The lowest BCUT2D eigenvalue weighted by molar-refractivity contribution is -0.117. The van der Waals surface area contributed by atoms with Crippen LogP contribution < -0.4 is 13.8 Å². The second-order valence-electron chi connectivity index (χ2n) is 11.7. The van der Waals surface area contributed by atoms with Gasteiger partial charge in [0.1, 0.15) is 18.1 Å². The summed E-state index contributed by atoms with van der Waals surface area (Å²) in [6.07, 6.45) is 9.05. The van der Waals surface area contributed by atoms with Crippen LogP contribution in [0.3, 0.4) is 0 Å². The number of rotatable bonds is 8. The molecule has 0 bridgehead atoms. The number of ether oxygens (including phenoxy) is 1. The Morgan fingerprint density at radius 2 is 1.64 bits per heavy atom. The van der Waals surface area contributed by atoms with E-state index in [1.54, 1.807) is 12.1 Å². The van der Waals surface area contributed by atoms with Crippen molar-refractivity contribution < 1.29 is 13.7 Å². The minimum atomic E-state index is -1.58. The molecule has 1 N–H and O–H groups in total. The summed E-state index contributed by atoms with van der Waals surface area (Å²) in [7, 11) is 0. The normalized spacial score (nSPS) is 17.2. The molecule has 7 rings (SSSR count). The van der Waals surface area contributed by atoms with E-state index in [0.29, 0.717) is 28.1 Å². The molecule has 1 saturated carbocycles. The molecule has 2 aliphatic rings. The van der Waals surface area contributed by atoms with Gasteiger partial charge >= 0.3 is 0 Å². The summed E-state index contributed by atoms with van der Waals surface area (Å²) in [6.45, 7) is 0.843. The molecule has 10 heteroatoms. The highest BCUT2D eigenvalue weighted by Gasteiger charge is 2.27. The summed E-state index contributed by atoms with van der Waals surface area (Å²) >= 11 is 11.2. The Morgan fingerprint density at radius 1 is 0.889 bits per heavy atom. The van der Waals surface area contributed by atoms with Gasteiger partial charge in [-0.15, -0.1) is 0 Å². The lowest BCUT2D eigenvalue weighted by Gasteiger charge is -2.21. The number of aromatic nitrogens is 2. The molecule has 45 heavy (non-hydrogen) atoms. The molecule has 2 fully saturated rings. The highest BCUT2D eigenvalue weighted by molar-refractivity contribution is 7.85. The first-order valence-corrected chi connectivity index (χ1v) is 17.0. The maximum absolute atomic E-state index is 12.3. The molecule has 1 aliphatic carbocycles. The van der Waals surface area contributed by atoms with Crippen molar-refractivity contribution in [3.63, 3.8) is 0 Å². The van der Waals surface area contributed by atoms with Crippen LogP contribution in [0.2, 0.25) is 10.0 Å². The molecule has 0 radical (unpaired) electrons. The Hall–Kier alpha value is -3.85. The number of anilines is 1. The van der Waals surface area contributed by atoms with E-state index in [2.05, 4.69) is 41.1 Å². The molecule has 7 nitrogen and oxygen atoms in total. The Bertz CT molecular complexity index is 1900. The molecule has 1 aliphatic heterocycles. The van der Waals surface area contributed by atoms with Crippen molar-refractivity contribution >= 4 is 56.7 Å². The number of carbonyl (C=O) groups excluding carboxylic acids is 1. The van der Waals surface area contributed by atoms with Crippen molar-refractivity contribution in [1.29, 1.82) is 0 Å². The number of halogens is 2. The number of imidazole rings is 1. The van der Waals surface area contributed by atoms with Gasteiger partial charge in [0.15, 0.2) is 0 Å². The van der Waals surface area contributed by atoms with E-state index in [-0.39, 0.29) is 12.5 Å². The Morgan fingerprint density at radius 3 is 2.40 bits per heavy atom. The van der Waals surface area contributed by atoms with Crippen LogP contribution in [0.4, 0.5) is 5.69 Å². The molecule has 230 valence electrons. The zero-order chi connectivity index (χ0) is 30.9. The minimum Gasteiger partial charge on any atom is -0.493 e. The van der Waals surface area contributed by atoms with Crippen LogP contribution in [0, 0.1) is 5.92 Å². The topological polar surface area (TPSA) is 76.5 Å². The number of benzene rings is 4. The monoisotopic (exact) mass is 658 g/mol. The molecular formula is C35H32Cl2N4O3S. The number of hydrogen-bond donors (Lipinski definition) is 1. The number of nitrogens with one attached hydrogen (secondary N) is 1. The quantitative estimate of drug-likeness (QED) is 0.183. The maximum Gasteiger partial charge on any atom is 0.253 e. The zero-order valence-corrected chi connectivity index (χ0v) is 26.9. The molecule has 5 aromatic rings. The van der Waals surface area contributed by atoms with E-state index in [1.165, 1.54) is 36.4 Å². The Labute approximate surface area is 274 Å². The third-order valence-electron chi connectivity index (χ3n) is 8.54. The lowest BCUT2D eigenvalue weighted by atomic mass is 9.90. The average molecular weight is 660 g/mol. The number of amides is 1. The number of carbonyl (C=O) groups is 1. The fourth-order valence-corrected chi connectivity index (χ4v) is 7.58. The predicted molar refractivity (Wildman–Crippen MR) is 181 cm³/mol. The number of hydrogen-bond acceptors (Lipinski definition) is 4. The summed E-state index contributed by atoms with van der Waals surface area (Å²) in [6, 6.07) is 25.8. The maximum atomic E-state index is 12.3. The highest BCUT2D eigenvalue weighted by Crippen LogP contribution is 2.32. The van der Waals surface area contributed by atoms with Crippen molar-refractivity contribution in [2.45, 2.75) is 38.5 Å². The number of nitrogens with zero attached hydrogens (tertiary/aromatic N) is 3. The smallest absolute Gasteiger partial charge is 0.253 e. The van der Waals surface area contributed by atoms with Gasteiger partial charge in [0.05, 0.1) is 23.0 Å². The van der Waals surface area contributed by atoms with E-state index in [0.717, 1.165) is 51.5 Å². The van der Waals surface area contributed by atoms with Gasteiger partial charge in [-0.1, -0.05) is 66.7 Å². The fraction of sp³-hybridized carbons (Fsp3) is 0.257. The third-order valence-corrected chi connectivity index (χ3v) is 10.2. The molecule has 1 unspecified atom stereocenters. The summed E-state index contributed by atoms with van der Waals surface area (Å²) in [5.41, 5.74) is 4.20. The van der Waals surface area contributed by atoms with Crippen molar-refractivity contribution in [2.75, 3.05) is 17.5 Å². The van der Waals surface area contributed by atoms with Crippen LogP contribution in [0.25, 0.3) is 27.7 Å². The van der Waals surface area contributed by atoms with Crippen molar-refractivity contribution in [3.05, 3.63) is 106 Å². The second-order valence-corrected chi connectivity index (χ2v) is 13.7. The van der Waals surface area contributed by atoms with Gasteiger partial charge in [-0.3, -0.25) is 13.8 Å². The fourth-order valence-electron chi connectivity index (χ4n) is 6.16. The lowest BCUT2D eigenvalue weighted by Crippen LogP contribution is -2.22. The van der Waals surface area contributed by atoms with Crippen LogP contribution >= 0.6 is 23.2 Å². The molecular weight excluding hydrogens is 627 g/mol. The molecule has 1 saturated heterocycles. The number of fused-ring (bicyclic) bond motifs is 1.